The molecule has 0 spiro atoms. The molecule has 0 radical (unpaired) electrons. The number of anilines is 1. The number of nitrogens with one attached hydrogen (secondary N) is 1. The van der Waals surface area contributed by atoms with E-state index in [0.717, 1.165) is 54.7 Å². The molecule has 1 aliphatic rings. The largest absolute Gasteiger partial charge is 0.354 e. The first-order valence-corrected chi connectivity index (χ1v) is 7.41. The molecule has 22 heavy (non-hydrogen) atoms. The first-order chi connectivity index (χ1) is 10.8. The van der Waals surface area contributed by atoms with Crippen molar-refractivity contribution in [3.05, 3.63) is 36.4 Å². The molecule has 0 unspecified atom stereocenters. The molecule has 1 saturated heterocycles. The molecular weight excluding hydrogens is 278 g/mol. The van der Waals surface area contributed by atoms with Gasteiger partial charge in [0.2, 0.25) is 0 Å². The van der Waals surface area contributed by atoms with Crippen molar-refractivity contribution in [1.82, 2.24) is 29.9 Å². The minimum absolute atomic E-state index is 0.761. The Morgan fingerprint density at radius 2 is 1.95 bits per heavy atom. The Labute approximate surface area is 128 Å². The Hall–Kier alpha value is -2.54. The summed E-state index contributed by atoms with van der Waals surface area (Å²) in [4.78, 5) is 15.4. The Morgan fingerprint density at radius 3 is 2.73 bits per heavy atom. The minimum atomic E-state index is 0.761. The molecule has 7 nitrogen and oxygen atoms in total. The number of nitrogens with zero attached hydrogens (tertiary/aromatic N) is 6. The third kappa shape index (κ3) is 2.29. The predicted molar refractivity (Wildman–Crippen MR) is 83.8 cm³/mol. The van der Waals surface area contributed by atoms with Gasteiger partial charge in [0.1, 0.15) is 17.2 Å². The highest BCUT2D eigenvalue weighted by molar-refractivity contribution is 5.62. The lowest BCUT2D eigenvalue weighted by Crippen LogP contribution is -2.44. The standard InChI is InChI=1S/C15H17N7/c1-11-8-15(21-6-4-16-5-7-21)22-14(19-11)9-12(20-22)13-10-17-2-3-18-13/h2-3,8-10,16H,4-7H2,1H3. The van der Waals surface area contributed by atoms with Crippen LogP contribution in [0, 0.1) is 6.92 Å². The van der Waals surface area contributed by atoms with Gasteiger partial charge >= 0.3 is 0 Å². The van der Waals surface area contributed by atoms with Gasteiger partial charge in [-0.05, 0) is 6.92 Å². The van der Waals surface area contributed by atoms with Crippen LogP contribution in [0.25, 0.3) is 17.0 Å². The highest BCUT2D eigenvalue weighted by atomic mass is 15.4. The molecule has 1 N–H and O–H groups in total. The van der Waals surface area contributed by atoms with E-state index in [1.165, 1.54) is 0 Å². The second-order valence-electron chi connectivity index (χ2n) is 5.38. The highest BCUT2D eigenvalue weighted by Gasteiger charge is 2.17. The first kappa shape index (κ1) is 13.1. The van der Waals surface area contributed by atoms with Crippen LogP contribution in [0.4, 0.5) is 5.82 Å². The number of hydrogen-bond donors (Lipinski definition) is 1. The van der Waals surface area contributed by atoms with Gasteiger partial charge in [-0.25, -0.2) is 4.98 Å². The third-order valence-corrected chi connectivity index (χ3v) is 3.80. The maximum atomic E-state index is 4.69. The topological polar surface area (TPSA) is 71.2 Å². The monoisotopic (exact) mass is 295 g/mol. The van der Waals surface area contributed by atoms with Gasteiger partial charge in [-0.1, -0.05) is 0 Å². The Morgan fingerprint density at radius 1 is 1.09 bits per heavy atom. The van der Waals surface area contributed by atoms with Crippen molar-refractivity contribution in [2.75, 3.05) is 31.1 Å². The van der Waals surface area contributed by atoms with Crippen molar-refractivity contribution in [2.24, 2.45) is 0 Å². The van der Waals surface area contributed by atoms with E-state index >= 15 is 0 Å². The van der Waals surface area contributed by atoms with Crippen molar-refractivity contribution >= 4 is 11.5 Å². The van der Waals surface area contributed by atoms with Crippen LogP contribution in [0.3, 0.4) is 0 Å². The normalized spacial score (nSPS) is 15.4. The Balaban J connectivity index is 1.84. The molecule has 7 heteroatoms. The van der Waals surface area contributed by atoms with Crippen LogP contribution in [-0.2, 0) is 0 Å². The van der Waals surface area contributed by atoms with Crippen molar-refractivity contribution in [3.8, 4) is 11.4 Å². The van der Waals surface area contributed by atoms with E-state index in [9.17, 15) is 0 Å². The fourth-order valence-electron chi connectivity index (χ4n) is 2.76. The lowest BCUT2D eigenvalue weighted by atomic mass is 10.3. The second kappa shape index (κ2) is 5.34. The zero-order valence-corrected chi connectivity index (χ0v) is 12.4. The molecule has 0 amide bonds. The molecule has 4 heterocycles. The van der Waals surface area contributed by atoms with Gasteiger partial charge in [-0.15, -0.1) is 0 Å². The van der Waals surface area contributed by atoms with Crippen LogP contribution in [-0.4, -0.2) is 50.7 Å². The second-order valence-corrected chi connectivity index (χ2v) is 5.38. The van der Waals surface area contributed by atoms with E-state index in [1.807, 2.05) is 17.5 Å². The van der Waals surface area contributed by atoms with Crippen LogP contribution in [0.1, 0.15) is 5.69 Å². The van der Waals surface area contributed by atoms with E-state index in [4.69, 9.17) is 0 Å². The predicted octanol–water partition coefficient (Wildman–Crippen LogP) is 0.904. The van der Waals surface area contributed by atoms with Gasteiger partial charge in [0.15, 0.2) is 5.65 Å². The summed E-state index contributed by atoms with van der Waals surface area (Å²) in [6.07, 6.45) is 5.06. The number of fused-ring (bicyclic) bond motifs is 1. The molecule has 0 bridgehead atoms. The van der Waals surface area contributed by atoms with Crippen LogP contribution < -0.4 is 10.2 Å². The molecule has 0 aliphatic carbocycles. The van der Waals surface area contributed by atoms with E-state index in [0.29, 0.717) is 0 Å². The van der Waals surface area contributed by atoms with Gasteiger partial charge < -0.3 is 10.2 Å². The number of rotatable bonds is 2. The summed E-state index contributed by atoms with van der Waals surface area (Å²) in [7, 11) is 0. The highest BCUT2D eigenvalue weighted by Crippen LogP contribution is 2.22. The fourth-order valence-corrected chi connectivity index (χ4v) is 2.76. The average Bonchev–Trinajstić information content (AvgIpc) is 2.99. The minimum Gasteiger partial charge on any atom is -0.354 e. The zero-order valence-electron chi connectivity index (χ0n) is 12.4. The molecule has 0 aromatic carbocycles. The zero-order chi connectivity index (χ0) is 14.9. The quantitative estimate of drug-likeness (QED) is 0.757. The summed E-state index contributed by atoms with van der Waals surface area (Å²) in [5, 5.41) is 8.06. The van der Waals surface area contributed by atoms with E-state index < -0.39 is 0 Å². The van der Waals surface area contributed by atoms with Crippen LogP contribution in [0.15, 0.2) is 30.7 Å². The van der Waals surface area contributed by atoms with Gasteiger partial charge in [-0.2, -0.15) is 9.61 Å². The summed E-state index contributed by atoms with van der Waals surface area (Å²) < 4.78 is 1.91. The third-order valence-electron chi connectivity index (χ3n) is 3.80. The van der Waals surface area contributed by atoms with E-state index in [-0.39, 0.29) is 0 Å². The van der Waals surface area contributed by atoms with Gasteiger partial charge in [-0.3, -0.25) is 9.97 Å². The van der Waals surface area contributed by atoms with Crippen LogP contribution in [0.5, 0.6) is 0 Å². The van der Waals surface area contributed by atoms with Crippen LogP contribution in [0.2, 0.25) is 0 Å². The van der Waals surface area contributed by atoms with Gasteiger partial charge in [0.05, 0.1) is 6.20 Å². The van der Waals surface area contributed by atoms with Crippen molar-refractivity contribution in [2.45, 2.75) is 6.92 Å². The van der Waals surface area contributed by atoms with Crippen molar-refractivity contribution in [1.29, 1.82) is 0 Å². The molecular formula is C15H17N7. The Kier molecular flexibility index (Phi) is 3.19. The summed E-state index contributed by atoms with van der Waals surface area (Å²) in [6, 6.07) is 4.05. The molecule has 112 valence electrons. The fraction of sp³-hybridized carbons (Fsp3) is 0.333. The molecule has 0 atom stereocenters. The van der Waals surface area contributed by atoms with Crippen LogP contribution >= 0.6 is 0 Å². The number of aromatic nitrogens is 5. The lowest BCUT2D eigenvalue weighted by molar-refractivity contribution is 0.579. The lowest BCUT2D eigenvalue weighted by Gasteiger charge is -2.29. The molecule has 1 fully saturated rings. The maximum Gasteiger partial charge on any atom is 0.158 e. The summed E-state index contributed by atoms with van der Waals surface area (Å²) in [5.41, 5.74) is 3.39. The smallest absolute Gasteiger partial charge is 0.158 e. The van der Waals surface area contributed by atoms with E-state index in [2.05, 4.69) is 36.3 Å². The number of hydrogen-bond acceptors (Lipinski definition) is 6. The first-order valence-electron chi connectivity index (χ1n) is 7.41. The molecule has 1 aliphatic heterocycles. The number of piperazine rings is 1. The average molecular weight is 295 g/mol. The van der Waals surface area contributed by atoms with Gasteiger partial charge in [0, 0.05) is 56.4 Å². The number of aryl methyl sites for hydroxylation is 1. The molecule has 3 aromatic heterocycles. The maximum absolute atomic E-state index is 4.69. The van der Waals surface area contributed by atoms with Crippen molar-refractivity contribution < 1.29 is 0 Å². The summed E-state index contributed by atoms with van der Waals surface area (Å²) in [5.74, 6) is 1.08. The molecule has 3 aromatic rings. The summed E-state index contributed by atoms with van der Waals surface area (Å²) in [6.45, 7) is 5.93. The van der Waals surface area contributed by atoms with E-state index in [1.54, 1.807) is 18.6 Å². The molecule has 4 rings (SSSR count). The van der Waals surface area contributed by atoms with Crippen molar-refractivity contribution in [3.63, 3.8) is 0 Å². The Bertz CT molecular complexity index is 790. The summed E-state index contributed by atoms with van der Waals surface area (Å²) >= 11 is 0. The molecule has 0 saturated carbocycles. The SMILES string of the molecule is Cc1cc(N2CCNCC2)n2nc(-c3cnccn3)cc2n1. The van der Waals surface area contributed by atoms with Gasteiger partial charge in [0.25, 0.3) is 0 Å².